The van der Waals surface area contributed by atoms with Crippen molar-refractivity contribution in [2.24, 2.45) is 0 Å². The van der Waals surface area contributed by atoms with Gasteiger partial charge in [0.25, 0.3) is 0 Å². The van der Waals surface area contributed by atoms with Crippen molar-refractivity contribution >= 4 is 17.4 Å². The van der Waals surface area contributed by atoms with Crippen molar-refractivity contribution < 1.29 is 17.9 Å². The first-order valence-corrected chi connectivity index (χ1v) is 7.43. The van der Waals surface area contributed by atoms with Crippen molar-refractivity contribution in [3.8, 4) is 0 Å². The number of hydrogen-bond acceptors (Lipinski definition) is 3. The average molecular weight is 305 g/mol. The van der Waals surface area contributed by atoms with Gasteiger partial charge in [-0.05, 0) is 49.6 Å². The molecule has 0 saturated heterocycles. The minimum absolute atomic E-state index is 0.0713. The van der Waals surface area contributed by atoms with Crippen molar-refractivity contribution in [1.29, 1.82) is 0 Å². The molecule has 0 aromatic heterocycles. The molecule has 0 heterocycles. The maximum atomic E-state index is 12.5. The van der Waals surface area contributed by atoms with E-state index in [1.807, 2.05) is 0 Å². The summed E-state index contributed by atoms with van der Waals surface area (Å²) in [5.74, 6) is 0. The van der Waals surface area contributed by atoms with Gasteiger partial charge in [0.15, 0.2) is 0 Å². The van der Waals surface area contributed by atoms with Crippen LogP contribution in [0.1, 0.15) is 25.7 Å². The molecule has 6 heteroatoms. The van der Waals surface area contributed by atoms with Crippen LogP contribution < -0.4 is 5.32 Å². The van der Waals surface area contributed by atoms with Gasteiger partial charge in [-0.2, -0.15) is 13.2 Å². The molecule has 0 aliphatic heterocycles. The van der Waals surface area contributed by atoms with E-state index in [9.17, 15) is 13.2 Å². The van der Waals surface area contributed by atoms with Gasteiger partial charge in [-0.15, -0.1) is 0 Å². The van der Waals surface area contributed by atoms with Crippen molar-refractivity contribution in [1.82, 2.24) is 0 Å². The lowest BCUT2D eigenvalue weighted by Gasteiger charge is -2.30. The fourth-order valence-corrected chi connectivity index (χ4v) is 3.14. The molecule has 1 aromatic carbocycles. The van der Waals surface area contributed by atoms with Crippen LogP contribution in [0.15, 0.2) is 29.2 Å². The van der Waals surface area contributed by atoms with Crippen LogP contribution in [0.5, 0.6) is 0 Å². The van der Waals surface area contributed by atoms with E-state index in [0.717, 1.165) is 25.7 Å². The Kier molecular flexibility index (Phi) is 5.21. The molecule has 1 N–H and O–H groups in total. The molecule has 1 aliphatic rings. The second-order valence-corrected chi connectivity index (χ2v) is 6.02. The van der Waals surface area contributed by atoms with E-state index < -0.39 is 5.51 Å². The summed E-state index contributed by atoms with van der Waals surface area (Å²) in [5, 5.41) is 3.24. The van der Waals surface area contributed by atoms with Gasteiger partial charge in [-0.25, -0.2) is 0 Å². The predicted octanol–water partition coefficient (Wildman–Crippen LogP) is 4.67. The lowest BCUT2D eigenvalue weighted by atomic mass is 9.92. The molecule has 1 saturated carbocycles. The molecule has 0 amide bonds. The molecule has 2 rings (SSSR count). The van der Waals surface area contributed by atoms with E-state index >= 15 is 0 Å². The van der Waals surface area contributed by atoms with Crippen molar-refractivity contribution in [3.05, 3.63) is 24.3 Å². The third-order valence-corrected chi connectivity index (χ3v) is 4.24. The highest BCUT2D eigenvalue weighted by Gasteiger charge is 2.31. The van der Waals surface area contributed by atoms with Crippen LogP contribution in [0.2, 0.25) is 0 Å². The minimum Gasteiger partial charge on any atom is -0.381 e. The summed E-state index contributed by atoms with van der Waals surface area (Å²) in [6, 6.07) is 6.74. The van der Waals surface area contributed by atoms with Crippen LogP contribution in [-0.4, -0.2) is 24.8 Å². The number of rotatable bonds is 4. The number of hydrogen-bond donors (Lipinski definition) is 1. The molecule has 1 fully saturated rings. The van der Waals surface area contributed by atoms with E-state index in [4.69, 9.17) is 4.74 Å². The van der Waals surface area contributed by atoms with Gasteiger partial charge < -0.3 is 10.1 Å². The Morgan fingerprint density at radius 1 is 1.25 bits per heavy atom. The Labute approximate surface area is 121 Å². The Balaban J connectivity index is 2.05. The van der Waals surface area contributed by atoms with Crippen LogP contribution in [0.3, 0.4) is 0 Å². The van der Waals surface area contributed by atoms with Crippen molar-refractivity contribution in [3.63, 3.8) is 0 Å². The first-order valence-electron chi connectivity index (χ1n) is 6.62. The largest absolute Gasteiger partial charge is 0.446 e. The molecule has 2 unspecified atom stereocenters. The second-order valence-electron chi connectivity index (χ2n) is 4.91. The van der Waals surface area contributed by atoms with Gasteiger partial charge >= 0.3 is 5.51 Å². The first kappa shape index (κ1) is 15.5. The van der Waals surface area contributed by atoms with Gasteiger partial charge in [-0.3, -0.25) is 0 Å². The van der Waals surface area contributed by atoms with Crippen LogP contribution in [0, 0.1) is 0 Å². The number of thioether (sulfide) groups is 1. The van der Waals surface area contributed by atoms with Crippen LogP contribution in [-0.2, 0) is 4.74 Å². The van der Waals surface area contributed by atoms with Gasteiger partial charge in [-0.1, -0.05) is 12.1 Å². The fraction of sp³-hybridized carbons (Fsp3) is 0.571. The molecule has 0 spiro atoms. The lowest BCUT2D eigenvalue weighted by molar-refractivity contribution is -0.0328. The fourth-order valence-electron chi connectivity index (χ4n) is 2.51. The maximum Gasteiger partial charge on any atom is 0.446 e. The molecular formula is C14H18F3NOS. The minimum atomic E-state index is -4.26. The molecule has 0 radical (unpaired) electrons. The Hall–Kier alpha value is -0.880. The molecule has 2 nitrogen and oxygen atoms in total. The summed E-state index contributed by atoms with van der Waals surface area (Å²) in [5.41, 5.74) is -3.71. The Bertz CT molecular complexity index is 439. The molecule has 2 atom stereocenters. The number of alkyl halides is 3. The highest BCUT2D eigenvalue weighted by Crippen LogP contribution is 2.40. The monoisotopic (exact) mass is 305 g/mol. The summed E-state index contributed by atoms with van der Waals surface area (Å²) in [6.07, 6.45) is 4.05. The maximum absolute atomic E-state index is 12.5. The molecule has 0 bridgehead atoms. The molecule has 1 aromatic rings. The molecule has 112 valence electrons. The quantitative estimate of drug-likeness (QED) is 0.817. The van der Waals surface area contributed by atoms with Crippen LogP contribution in [0.25, 0.3) is 0 Å². The Morgan fingerprint density at radius 2 is 2.00 bits per heavy atom. The standard InChI is InChI=1S/C14H18F3NOS/c1-19-11-6-4-5-10(9-11)18-12-7-2-3-8-13(12)20-14(15,16)17/h2-3,7-8,10-11,18H,4-6,9H2,1H3. The number of halogens is 3. The van der Waals surface area contributed by atoms with Gasteiger partial charge in [0.05, 0.1) is 6.10 Å². The number of anilines is 1. The molecule has 1 aliphatic carbocycles. The number of para-hydroxylation sites is 1. The number of ether oxygens (including phenoxy) is 1. The smallest absolute Gasteiger partial charge is 0.381 e. The molecule has 20 heavy (non-hydrogen) atoms. The number of methoxy groups -OCH3 is 1. The Morgan fingerprint density at radius 3 is 2.70 bits per heavy atom. The SMILES string of the molecule is COC1CCCC(Nc2ccccc2SC(F)(F)F)C1. The third-order valence-electron chi connectivity index (χ3n) is 3.43. The number of benzene rings is 1. The lowest BCUT2D eigenvalue weighted by Crippen LogP contribution is -2.31. The van der Waals surface area contributed by atoms with Crippen LogP contribution in [0.4, 0.5) is 18.9 Å². The zero-order chi connectivity index (χ0) is 14.6. The van der Waals surface area contributed by atoms with E-state index in [-0.39, 0.29) is 28.8 Å². The number of nitrogens with one attached hydrogen (secondary N) is 1. The highest BCUT2D eigenvalue weighted by molar-refractivity contribution is 8.00. The summed E-state index contributed by atoms with van der Waals surface area (Å²) < 4.78 is 42.9. The van der Waals surface area contributed by atoms with Crippen molar-refractivity contribution in [2.75, 3.05) is 12.4 Å². The third kappa shape index (κ3) is 4.59. The van der Waals surface area contributed by atoms with Gasteiger partial charge in [0, 0.05) is 23.7 Å². The van der Waals surface area contributed by atoms with Crippen molar-refractivity contribution in [2.45, 2.75) is 48.2 Å². The summed E-state index contributed by atoms with van der Waals surface area (Å²) in [4.78, 5) is 0.222. The summed E-state index contributed by atoms with van der Waals surface area (Å²) in [6.45, 7) is 0. The topological polar surface area (TPSA) is 21.3 Å². The molecular weight excluding hydrogens is 287 g/mol. The predicted molar refractivity (Wildman–Crippen MR) is 75.0 cm³/mol. The van der Waals surface area contributed by atoms with Gasteiger partial charge in [0.1, 0.15) is 0 Å². The first-order chi connectivity index (χ1) is 9.48. The highest BCUT2D eigenvalue weighted by atomic mass is 32.2. The van der Waals surface area contributed by atoms with E-state index in [2.05, 4.69) is 5.32 Å². The summed E-state index contributed by atoms with van der Waals surface area (Å²) in [7, 11) is 1.68. The zero-order valence-electron chi connectivity index (χ0n) is 11.2. The van der Waals surface area contributed by atoms with E-state index in [1.54, 1.807) is 25.3 Å². The van der Waals surface area contributed by atoms with Crippen LogP contribution >= 0.6 is 11.8 Å². The zero-order valence-corrected chi connectivity index (χ0v) is 12.1. The van der Waals surface area contributed by atoms with Gasteiger partial charge in [0.2, 0.25) is 0 Å². The normalized spacial score (nSPS) is 23.6. The average Bonchev–Trinajstić information content (AvgIpc) is 2.40. The van der Waals surface area contributed by atoms with E-state index in [0.29, 0.717) is 5.69 Å². The summed E-state index contributed by atoms with van der Waals surface area (Å²) >= 11 is -0.0713. The van der Waals surface area contributed by atoms with E-state index in [1.165, 1.54) is 6.07 Å². The second kappa shape index (κ2) is 6.72.